The number of hydrogen-bond donors (Lipinski definition) is 1. The summed E-state index contributed by atoms with van der Waals surface area (Å²) in [6.07, 6.45) is 1.63. The summed E-state index contributed by atoms with van der Waals surface area (Å²) in [6, 6.07) is 16.4. The normalized spacial score (nSPS) is 18.6. The third-order valence-corrected chi connectivity index (χ3v) is 8.00. The van der Waals surface area contributed by atoms with Gasteiger partial charge in [-0.05, 0) is 42.7 Å². The Morgan fingerprint density at radius 1 is 1.06 bits per heavy atom. The van der Waals surface area contributed by atoms with Gasteiger partial charge in [0, 0.05) is 17.2 Å². The van der Waals surface area contributed by atoms with Gasteiger partial charge < -0.3 is 5.11 Å². The molecule has 1 N–H and O–H groups in total. The maximum absolute atomic E-state index is 14.1. The van der Waals surface area contributed by atoms with Crippen LogP contribution in [0.25, 0.3) is 0 Å². The molecule has 0 saturated heterocycles. The minimum absolute atomic E-state index is 0.107. The fourth-order valence-electron chi connectivity index (χ4n) is 4.24. The Hall–Kier alpha value is -3.53. The lowest BCUT2D eigenvalue weighted by Gasteiger charge is -2.40. The zero-order chi connectivity index (χ0) is 25.3. The van der Waals surface area contributed by atoms with E-state index in [0.717, 1.165) is 15.9 Å². The lowest BCUT2D eigenvalue weighted by Crippen LogP contribution is -2.42. The fourth-order valence-corrected chi connectivity index (χ4v) is 6.25. The van der Waals surface area contributed by atoms with Crippen molar-refractivity contribution >= 4 is 33.3 Å². The predicted octanol–water partition coefficient (Wildman–Crippen LogP) is 5.44. The number of halogens is 1. The molecule has 0 aromatic heterocycles. The number of carboxylic acids is 1. The van der Waals surface area contributed by atoms with Crippen LogP contribution in [0.15, 0.2) is 89.3 Å². The molecule has 0 unspecified atom stereocenters. The number of nitrogens with zero attached hydrogens (tertiary/aromatic N) is 2. The first-order valence-corrected chi connectivity index (χ1v) is 12.4. The SMILES string of the molecule is Cc1ccc([C@@H]2CC=C(C(=O)O)[C@H](c3cccc(Cl)c3)N2S(=O)(=O)c2cccc([N+](=O)[O-])c2)cc1. The van der Waals surface area contributed by atoms with Gasteiger partial charge in [0.25, 0.3) is 5.69 Å². The molecule has 8 nitrogen and oxygen atoms in total. The van der Waals surface area contributed by atoms with Crippen LogP contribution in [0.2, 0.25) is 5.02 Å². The number of aliphatic carboxylic acids is 1. The van der Waals surface area contributed by atoms with Crippen molar-refractivity contribution in [3.63, 3.8) is 0 Å². The highest BCUT2D eigenvalue weighted by Crippen LogP contribution is 2.46. The Morgan fingerprint density at radius 2 is 1.74 bits per heavy atom. The van der Waals surface area contributed by atoms with Gasteiger partial charge in [-0.15, -0.1) is 0 Å². The molecule has 1 aliphatic rings. The van der Waals surface area contributed by atoms with Crippen LogP contribution in [-0.2, 0) is 14.8 Å². The van der Waals surface area contributed by atoms with Crippen molar-refractivity contribution in [1.29, 1.82) is 0 Å². The summed E-state index contributed by atoms with van der Waals surface area (Å²) in [4.78, 5) is 22.6. The van der Waals surface area contributed by atoms with E-state index in [-0.39, 0.29) is 22.6 Å². The number of non-ortho nitro benzene ring substituents is 1. The van der Waals surface area contributed by atoms with Crippen molar-refractivity contribution in [2.24, 2.45) is 0 Å². The van der Waals surface area contributed by atoms with E-state index in [1.807, 2.05) is 19.1 Å². The van der Waals surface area contributed by atoms with Gasteiger partial charge in [-0.1, -0.05) is 65.7 Å². The standard InChI is InChI=1S/C25H21ClN2O6S/c1-16-8-10-17(11-9-16)23-13-12-22(25(29)30)24(18-4-2-5-19(26)14-18)27(23)35(33,34)21-7-3-6-20(15-21)28(31)32/h2-12,14-15,23-24H,13H2,1H3,(H,29,30)/t23-,24-/m0/s1. The summed E-state index contributed by atoms with van der Waals surface area (Å²) >= 11 is 6.19. The summed E-state index contributed by atoms with van der Waals surface area (Å²) in [6.45, 7) is 1.90. The molecule has 0 radical (unpaired) electrons. The molecule has 1 aliphatic heterocycles. The number of hydrogen-bond acceptors (Lipinski definition) is 5. The largest absolute Gasteiger partial charge is 0.478 e. The van der Waals surface area contributed by atoms with E-state index >= 15 is 0 Å². The quantitative estimate of drug-likeness (QED) is 0.347. The van der Waals surface area contributed by atoms with Crippen LogP contribution in [0.1, 0.15) is 35.2 Å². The second-order valence-corrected chi connectivity index (χ2v) is 10.5. The Labute approximate surface area is 207 Å². The van der Waals surface area contributed by atoms with E-state index < -0.39 is 33.0 Å². The van der Waals surface area contributed by atoms with E-state index in [9.17, 15) is 28.4 Å². The molecule has 4 rings (SSSR count). The van der Waals surface area contributed by atoms with Gasteiger partial charge in [0.15, 0.2) is 0 Å². The van der Waals surface area contributed by atoms with Crippen LogP contribution in [-0.4, -0.2) is 28.7 Å². The number of nitro benzene ring substituents is 1. The zero-order valence-electron chi connectivity index (χ0n) is 18.5. The monoisotopic (exact) mass is 512 g/mol. The Balaban J connectivity index is 1.99. The third kappa shape index (κ3) is 4.84. The molecule has 3 aromatic carbocycles. The van der Waals surface area contributed by atoms with Gasteiger partial charge in [0.1, 0.15) is 0 Å². The first kappa shape index (κ1) is 24.6. The van der Waals surface area contributed by atoms with E-state index in [0.29, 0.717) is 16.1 Å². The minimum Gasteiger partial charge on any atom is -0.478 e. The van der Waals surface area contributed by atoms with Crippen molar-refractivity contribution in [2.45, 2.75) is 30.3 Å². The summed E-state index contributed by atoms with van der Waals surface area (Å²) in [5.41, 5.74) is 1.51. The molecule has 0 saturated carbocycles. The Morgan fingerprint density at radius 3 is 2.37 bits per heavy atom. The van der Waals surface area contributed by atoms with Gasteiger partial charge >= 0.3 is 5.97 Å². The molecular weight excluding hydrogens is 492 g/mol. The van der Waals surface area contributed by atoms with Crippen molar-refractivity contribution in [3.05, 3.63) is 116 Å². The smallest absolute Gasteiger partial charge is 0.333 e. The molecule has 3 aromatic rings. The molecule has 2 atom stereocenters. The van der Waals surface area contributed by atoms with Crippen molar-refractivity contribution in [2.75, 3.05) is 0 Å². The predicted molar refractivity (Wildman–Crippen MR) is 131 cm³/mol. The average Bonchev–Trinajstić information content (AvgIpc) is 2.83. The van der Waals surface area contributed by atoms with Gasteiger partial charge in [0.05, 0.1) is 27.5 Å². The van der Waals surface area contributed by atoms with Crippen molar-refractivity contribution < 1.29 is 23.2 Å². The summed E-state index contributed by atoms with van der Waals surface area (Å²) < 4.78 is 29.3. The molecule has 10 heteroatoms. The van der Waals surface area contributed by atoms with E-state index in [2.05, 4.69) is 0 Å². The van der Waals surface area contributed by atoms with Crippen LogP contribution in [0.4, 0.5) is 5.69 Å². The first-order valence-electron chi connectivity index (χ1n) is 10.6. The lowest BCUT2D eigenvalue weighted by atomic mass is 9.89. The number of sulfonamides is 1. The highest BCUT2D eigenvalue weighted by atomic mass is 35.5. The second-order valence-electron chi connectivity index (χ2n) is 8.17. The first-order chi connectivity index (χ1) is 16.6. The Bertz CT molecular complexity index is 1440. The topological polar surface area (TPSA) is 118 Å². The van der Waals surface area contributed by atoms with Crippen LogP contribution in [0.5, 0.6) is 0 Å². The van der Waals surface area contributed by atoms with Gasteiger partial charge in [-0.2, -0.15) is 4.31 Å². The molecule has 35 heavy (non-hydrogen) atoms. The van der Waals surface area contributed by atoms with E-state index in [4.69, 9.17) is 11.6 Å². The van der Waals surface area contributed by atoms with Crippen LogP contribution >= 0.6 is 11.6 Å². The molecule has 0 bridgehead atoms. The van der Waals surface area contributed by atoms with Crippen LogP contribution < -0.4 is 0 Å². The summed E-state index contributed by atoms with van der Waals surface area (Å²) in [7, 11) is -4.42. The molecule has 1 heterocycles. The number of carbonyl (C=O) groups is 1. The van der Waals surface area contributed by atoms with Gasteiger partial charge in [0.2, 0.25) is 10.0 Å². The van der Waals surface area contributed by atoms with Crippen molar-refractivity contribution in [1.82, 2.24) is 4.31 Å². The van der Waals surface area contributed by atoms with Crippen LogP contribution in [0, 0.1) is 17.0 Å². The minimum atomic E-state index is -4.42. The molecular formula is C25H21ClN2O6S. The zero-order valence-corrected chi connectivity index (χ0v) is 20.1. The Kier molecular flexibility index (Phi) is 6.75. The third-order valence-electron chi connectivity index (χ3n) is 5.89. The second kappa shape index (κ2) is 9.61. The number of nitro groups is 1. The highest BCUT2D eigenvalue weighted by molar-refractivity contribution is 7.89. The summed E-state index contributed by atoms with van der Waals surface area (Å²) in [5.74, 6) is -1.27. The number of aryl methyl sites for hydroxylation is 1. The average molecular weight is 513 g/mol. The highest BCUT2D eigenvalue weighted by Gasteiger charge is 2.44. The molecule has 0 aliphatic carbocycles. The fraction of sp³-hybridized carbons (Fsp3) is 0.160. The lowest BCUT2D eigenvalue weighted by molar-refractivity contribution is -0.385. The maximum atomic E-state index is 14.1. The molecule has 0 spiro atoms. The van der Waals surface area contributed by atoms with E-state index in [1.54, 1.807) is 30.3 Å². The number of carboxylic acid groups (broad SMARTS) is 1. The number of benzene rings is 3. The van der Waals surface area contributed by atoms with Gasteiger partial charge in [-0.3, -0.25) is 10.1 Å². The number of rotatable bonds is 6. The molecule has 180 valence electrons. The van der Waals surface area contributed by atoms with E-state index in [1.165, 1.54) is 30.3 Å². The van der Waals surface area contributed by atoms with Gasteiger partial charge in [-0.25, -0.2) is 13.2 Å². The van der Waals surface area contributed by atoms with Crippen LogP contribution in [0.3, 0.4) is 0 Å². The maximum Gasteiger partial charge on any atom is 0.333 e. The molecule has 0 fully saturated rings. The molecule has 0 amide bonds. The van der Waals surface area contributed by atoms with Crippen molar-refractivity contribution in [3.8, 4) is 0 Å². The summed E-state index contributed by atoms with van der Waals surface area (Å²) in [5, 5.41) is 21.6.